The van der Waals surface area contributed by atoms with Crippen LogP contribution >= 0.6 is 0 Å². The van der Waals surface area contributed by atoms with Gasteiger partial charge in [0.1, 0.15) is 0 Å². The van der Waals surface area contributed by atoms with Crippen molar-refractivity contribution in [1.82, 2.24) is 15.1 Å². The van der Waals surface area contributed by atoms with Gasteiger partial charge >= 0.3 is 0 Å². The van der Waals surface area contributed by atoms with Gasteiger partial charge in [-0.15, -0.1) is 0 Å². The molecule has 0 bridgehead atoms. The van der Waals surface area contributed by atoms with Crippen molar-refractivity contribution in [3.63, 3.8) is 0 Å². The van der Waals surface area contributed by atoms with Crippen LogP contribution in [0.4, 0.5) is 0 Å². The minimum atomic E-state index is 0.315. The molecule has 0 spiro atoms. The SMILES string of the molecule is CCNC(Cc1ccc(C)c(C)c1)c1cc(CC)nn1C. The molecule has 2 rings (SSSR count). The van der Waals surface area contributed by atoms with Gasteiger partial charge in [-0.25, -0.2) is 0 Å². The van der Waals surface area contributed by atoms with Crippen molar-refractivity contribution in [2.24, 2.45) is 7.05 Å². The summed E-state index contributed by atoms with van der Waals surface area (Å²) in [6.07, 6.45) is 1.98. The molecule has 3 heteroatoms. The normalized spacial score (nSPS) is 12.6. The van der Waals surface area contributed by atoms with Gasteiger partial charge in [0.2, 0.25) is 0 Å². The van der Waals surface area contributed by atoms with Crippen LogP contribution in [0.2, 0.25) is 0 Å². The number of aryl methyl sites for hydroxylation is 4. The van der Waals surface area contributed by atoms with E-state index in [1.807, 2.05) is 11.7 Å². The summed E-state index contributed by atoms with van der Waals surface area (Å²) in [5.74, 6) is 0. The summed E-state index contributed by atoms with van der Waals surface area (Å²) >= 11 is 0. The first-order valence-electron chi connectivity index (χ1n) is 7.87. The Kier molecular flexibility index (Phi) is 5.18. The molecule has 1 atom stereocenters. The lowest BCUT2D eigenvalue weighted by atomic mass is 9.99. The molecule has 0 amide bonds. The zero-order chi connectivity index (χ0) is 15.4. The summed E-state index contributed by atoms with van der Waals surface area (Å²) in [6, 6.07) is 9.30. The van der Waals surface area contributed by atoms with Crippen LogP contribution in [-0.4, -0.2) is 16.3 Å². The molecule has 3 nitrogen and oxygen atoms in total. The molecular formula is C18H27N3. The molecule has 0 radical (unpaired) electrons. The van der Waals surface area contributed by atoms with Crippen LogP contribution in [0.25, 0.3) is 0 Å². The first-order chi connectivity index (χ1) is 10.0. The Morgan fingerprint density at radius 1 is 1.14 bits per heavy atom. The van der Waals surface area contributed by atoms with E-state index in [1.54, 1.807) is 0 Å². The molecule has 114 valence electrons. The van der Waals surface area contributed by atoms with Crippen molar-refractivity contribution in [1.29, 1.82) is 0 Å². The Bertz CT molecular complexity index is 599. The second-order valence-electron chi connectivity index (χ2n) is 5.77. The molecule has 0 aliphatic heterocycles. The third-order valence-corrected chi connectivity index (χ3v) is 4.15. The quantitative estimate of drug-likeness (QED) is 0.880. The lowest BCUT2D eigenvalue weighted by molar-refractivity contribution is 0.507. The third-order valence-electron chi connectivity index (χ3n) is 4.15. The van der Waals surface area contributed by atoms with Gasteiger partial charge < -0.3 is 5.32 Å². The molecule has 1 N–H and O–H groups in total. The van der Waals surface area contributed by atoms with Gasteiger partial charge in [0, 0.05) is 7.05 Å². The van der Waals surface area contributed by atoms with Gasteiger partial charge in [-0.3, -0.25) is 4.68 Å². The van der Waals surface area contributed by atoms with E-state index in [0.29, 0.717) is 6.04 Å². The van der Waals surface area contributed by atoms with E-state index < -0.39 is 0 Å². The second kappa shape index (κ2) is 6.90. The topological polar surface area (TPSA) is 29.9 Å². The van der Waals surface area contributed by atoms with Crippen LogP contribution in [0.5, 0.6) is 0 Å². The van der Waals surface area contributed by atoms with Crippen LogP contribution in [-0.2, 0) is 19.9 Å². The lowest BCUT2D eigenvalue weighted by Crippen LogP contribution is -2.25. The Hall–Kier alpha value is -1.61. The maximum absolute atomic E-state index is 4.58. The molecule has 1 aromatic carbocycles. The van der Waals surface area contributed by atoms with E-state index in [4.69, 9.17) is 0 Å². The molecular weight excluding hydrogens is 258 g/mol. The number of hydrogen-bond acceptors (Lipinski definition) is 2. The summed E-state index contributed by atoms with van der Waals surface area (Å²) in [7, 11) is 2.04. The van der Waals surface area contributed by atoms with Crippen LogP contribution in [0.15, 0.2) is 24.3 Å². The van der Waals surface area contributed by atoms with E-state index in [-0.39, 0.29) is 0 Å². The lowest BCUT2D eigenvalue weighted by Gasteiger charge is -2.19. The summed E-state index contributed by atoms with van der Waals surface area (Å²) in [5, 5.41) is 8.18. The number of aromatic nitrogens is 2. The largest absolute Gasteiger partial charge is 0.309 e. The predicted molar refractivity (Wildman–Crippen MR) is 88.6 cm³/mol. The standard InChI is InChI=1S/C18H27N3/c1-6-16-12-18(21(5)20-16)17(19-7-2)11-15-9-8-13(3)14(4)10-15/h8-10,12,17,19H,6-7,11H2,1-5H3. The van der Waals surface area contributed by atoms with Gasteiger partial charge in [0.25, 0.3) is 0 Å². The minimum Gasteiger partial charge on any atom is -0.309 e. The molecule has 1 aromatic heterocycles. The Labute approximate surface area is 128 Å². The number of hydrogen-bond donors (Lipinski definition) is 1. The zero-order valence-corrected chi connectivity index (χ0v) is 13.9. The summed E-state index contributed by atoms with van der Waals surface area (Å²) in [6.45, 7) is 9.61. The Balaban J connectivity index is 2.25. The fourth-order valence-corrected chi connectivity index (χ4v) is 2.74. The molecule has 0 saturated carbocycles. The van der Waals surface area contributed by atoms with Gasteiger partial charge in [0.15, 0.2) is 0 Å². The molecule has 1 unspecified atom stereocenters. The maximum Gasteiger partial charge on any atom is 0.0625 e. The van der Waals surface area contributed by atoms with E-state index >= 15 is 0 Å². The first-order valence-corrected chi connectivity index (χ1v) is 7.87. The van der Waals surface area contributed by atoms with Crippen LogP contribution in [0.1, 0.15) is 48.0 Å². The number of rotatable bonds is 6. The average molecular weight is 285 g/mol. The molecule has 2 aromatic rings. The summed E-state index contributed by atoms with van der Waals surface area (Å²) < 4.78 is 2.02. The number of nitrogens with one attached hydrogen (secondary N) is 1. The van der Waals surface area contributed by atoms with Crippen LogP contribution in [0.3, 0.4) is 0 Å². The second-order valence-corrected chi connectivity index (χ2v) is 5.77. The smallest absolute Gasteiger partial charge is 0.0625 e. The van der Waals surface area contributed by atoms with Crippen molar-refractivity contribution in [2.75, 3.05) is 6.54 Å². The first kappa shape index (κ1) is 15.8. The van der Waals surface area contributed by atoms with Crippen molar-refractivity contribution >= 4 is 0 Å². The summed E-state index contributed by atoms with van der Waals surface area (Å²) in [5.41, 5.74) is 6.53. The highest BCUT2D eigenvalue weighted by molar-refractivity contribution is 5.31. The van der Waals surface area contributed by atoms with Gasteiger partial charge in [-0.05, 0) is 56.0 Å². The van der Waals surface area contributed by atoms with Gasteiger partial charge in [0.05, 0.1) is 17.4 Å². The molecule has 0 fully saturated rings. The highest BCUT2D eigenvalue weighted by Gasteiger charge is 2.16. The monoisotopic (exact) mass is 285 g/mol. The molecule has 21 heavy (non-hydrogen) atoms. The van der Waals surface area contributed by atoms with Crippen molar-refractivity contribution in [2.45, 2.75) is 46.6 Å². The summed E-state index contributed by atoms with van der Waals surface area (Å²) in [4.78, 5) is 0. The van der Waals surface area contributed by atoms with E-state index in [0.717, 1.165) is 25.1 Å². The zero-order valence-electron chi connectivity index (χ0n) is 13.9. The van der Waals surface area contributed by atoms with Crippen molar-refractivity contribution in [3.05, 3.63) is 52.3 Å². The number of benzene rings is 1. The van der Waals surface area contributed by atoms with Crippen LogP contribution < -0.4 is 5.32 Å². The van der Waals surface area contributed by atoms with E-state index in [9.17, 15) is 0 Å². The molecule has 1 heterocycles. The van der Waals surface area contributed by atoms with Crippen molar-refractivity contribution < 1.29 is 0 Å². The fourth-order valence-electron chi connectivity index (χ4n) is 2.74. The predicted octanol–water partition coefficient (Wildman–Crippen LogP) is 3.49. The van der Waals surface area contributed by atoms with Gasteiger partial charge in [-0.1, -0.05) is 32.0 Å². The third kappa shape index (κ3) is 3.73. The molecule has 0 saturated heterocycles. The van der Waals surface area contributed by atoms with Crippen molar-refractivity contribution in [3.8, 4) is 0 Å². The Morgan fingerprint density at radius 3 is 2.48 bits per heavy atom. The highest BCUT2D eigenvalue weighted by Crippen LogP contribution is 2.21. The van der Waals surface area contributed by atoms with Crippen LogP contribution in [0, 0.1) is 13.8 Å². The van der Waals surface area contributed by atoms with E-state index in [2.05, 4.69) is 62.4 Å². The number of nitrogens with zero attached hydrogens (tertiary/aromatic N) is 2. The number of likely N-dealkylation sites (N-methyl/N-ethyl adjacent to an activating group) is 1. The average Bonchev–Trinajstić information content (AvgIpc) is 2.83. The minimum absolute atomic E-state index is 0.315. The highest BCUT2D eigenvalue weighted by atomic mass is 15.3. The molecule has 0 aliphatic rings. The van der Waals surface area contributed by atoms with Gasteiger partial charge in [-0.2, -0.15) is 5.10 Å². The van der Waals surface area contributed by atoms with E-state index in [1.165, 1.54) is 22.4 Å². The Morgan fingerprint density at radius 2 is 1.90 bits per heavy atom. The molecule has 0 aliphatic carbocycles. The fraction of sp³-hybridized carbons (Fsp3) is 0.500. The maximum atomic E-state index is 4.58.